The maximum Gasteiger partial charge on any atom is 0.221 e. The smallest absolute Gasteiger partial charge is 0.221 e. The lowest BCUT2D eigenvalue weighted by atomic mass is 9.27. The molecule has 8 bridgehead atoms. The van der Waals surface area contributed by atoms with E-state index < -0.39 is 0 Å². The van der Waals surface area contributed by atoms with Crippen LogP contribution >= 0.6 is 0 Å². The molecule has 0 spiro atoms. The van der Waals surface area contributed by atoms with Gasteiger partial charge in [0.05, 0.1) is 22.7 Å². The van der Waals surface area contributed by atoms with Crippen LogP contribution in [0.3, 0.4) is 0 Å². The highest BCUT2D eigenvalue weighted by molar-refractivity contribution is 5.99. The van der Waals surface area contributed by atoms with Gasteiger partial charge in [-0.2, -0.15) is 0 Å². The molecule has 2 aromatic rings. The lowest BCUT2D eigenvalue weighted by Gasteiger charge is -2.77. The summed E-state index contributed by atoms with van der Waals surface area (Å²) in [5.74, 6) is 0.822. The molecule has 0 heterocycles. The molecule has 2 aromatic carbocycles. The molecule has 266 valence electrons. The van der Waals surface area contributed by atoms with Crippen LogP contribution in [0.1, 0.15) is 130 Å². The maximum atomic E-state index is 12.3. The van der Waals surface area contributed by atoms with E-state index in [2.05, 4.69) is 59.4 Å². The van der Waals surface area contributed by atoms with E-state index in [9.17, 15) is 19.2 Å². The highest BCUT2D eigenvalue weighted by Gasteiger charge is 2.73. The van der Waals surface area contributed by atoms with Crippen LogP contribution in [0.15, 0.2) is 36.4 Å². The molecule has 0 aromatic heterocycles. The third kappa shape index (κ3) is 5.30. The van der Waals surface area contributed by atoms with Crippen LogP contribution in [-0.2, 0) is 30.0 Å². The van der Waals surface area contributed by atoms with Crippen molar-refractivity contribution in [3.8, 4) is 0 Å². The summed E-state index contributed by atoms with van der Waals surface area (Å²) >= 11 is 0. The number of nitrogens with one attached hydrogen (secondary N) is 4. The van der Waals surface area contributed by atoms with Gasteiger partial charge in [0, 0.05) is 27.7 Å². The second kappa shape index (κ2) is 10.9. The van der Waals surface area contributed by atoms with Gasteiger partial charge in [-0.25, -0.2) is 0 Å². The highest BCUT2D eigenvalue weighted by atomic mass is 16.2. The Morgan fingerprint density at radius 3 is 1.38 bits per heavy atom. The molecule has 8 nitrogen and oxygen atoms in total. The Morgan fingerprint density at radius 2 is 0.920 bits per heavy atom. The van der Waals surface area contributed by atoms with Crippen molar-refractivity contribution in [2.24, 2.45) is 33.5 Å². The Hall–Kier alpha value is -3.68. The molecule has 4 atom stereocenters. The van der Waals surface area contributed by atoms with Crippen molar-refractivity contribution in [1.29, 1.82) is 0 Å². The number of rotatable bonds is 7. The Kier molecular flexibility index (Phi) is 7.30. The lowest BCUT2D eigenvalue weighted by Crippen LogP contribution is -2.69. The van der Waals surface area contributed by atoms with E-state index in [1.807, 2.05) is 12.1 Å². The average Bonchev–Trinajstić information content (AvgIpc) is 2.95. The van der Waals surface area contributed by atoms with Crippen LogP contribution in [0.2, 0.25) is 0 Å². The SMILES string of the molecule is CC(=O)Nc1ccc(C23CC4CC(C2)CC(C25CC6(C)CC(C)(CC(c7ccc(NC(C)=O)c(NC(C)=O)c7)(C6)C2)C5)(C4)C3)cc1NC(C)=O. The van der Waals surface area contributed by atoms with Crippen molar-refractivity contribution in [2.45, 2.75) is 129 Å². The quantitative estimate of drug-likeness (QED) is 0.235. The molecule has 8 aliphatic carbocycles. The van der Waals surface area contributed by atoms with E-state index in [0.717, 1.165) is 12.8 Å². The van der Waals surface area contributed by atoms with Gasteiger partial charge in [0.15, 0.2) is 0 Å². The number of anilines is 4. The molecule has 8 fully saturated rings. The first-order valence-corrected chi connectivity index (χ1v) is 18.9. The van der Waals surface area contributed by atoms with E-state index in [-0.39, 0.29) is 56.1 Å². The summed E-state index contributed by atoms with van der Waals surface area (Å²) in [5.41, 5.74) is 6.33. The molecule has 4 unspecified atom stereocenters. The molecule has 8 aliphatic rings. The molecule has 8 saturated carbocycles. The maximum absolute atomic E-state index is 12.3. The van der Waals surface area contributed by atoms with E-state index in [4.69, 9.17) is 0 Å². The largest absolute Gasteiger partial charge is 0.325 e. The number of carbonyl (C=O) groups excluding carboxylic acids is 4. The van der Waals surface area contributed by atoms with Crippen molar-refractivity contribution in [1.82, 2.24) is 0 Å². The molecule has 4 N–H and O–H groups in total. The second-order valence-electron chi connectivity index (χ2n) is 19.0. The third-order valence-electron chi connectivity index (χ3n) is 14.3. The predicted molar refractivity (Wildman–Crippen MR) is 197 cm³/mol. The molecule has 4 amide bonds. The molecular weight excluding hydrogens is 624 g/mol. The minimum Gasteiger partial charge on any atom is -0.325 e. The number of hydrogen-bond acceptors (Lipinski definition) is 4. The van der Waals surface area contributed by atoms with E-state index in [1.165, 1.54) is 103 Å². The summed E-state index contributed by atoms with van der Waals surface area (Å²) in [7, 11) is 0. The average molecular weight is 679 g/mol. The van der Waals surface area contributed by atoms with Crippen LogP contribution < -0.4 is 21.3 Å². The fourth-order valence-electron chi connectivity index (χ4n) is 14.7. The van der Waals surface area contributed by atoms with E-state index in [1.54, 1.807) is 0 Å². The second-order valence-corrected chi connectivity index (χ2v) is 19.0. The standard InChI is InChI=1S/C42H54N4O4/c1-25(47)43-33-9-7-31(12-35(33)45-27(3)49)39-14-29-11-30(15-39)17-41(16-29,23-39)42-21-37(5)18-38(6,22-42)20-40(19-37,24-42)32-8-10-34(44-26(2)48)36(13-32)46-28(4)50/h7-10,12-13,29-30H,11,14-24H2,1-6H3,(H,43,47)(H,44,48)(H,45,49)(H,46,50). The normalized spacial score (nSPS) is 38.8. The van der Waals surface area contributed by atoms with Gasteiger partial charge in [0.25, 0.3) is 0 Å². The first-order chi connectivity index (χ1) is 23.5. The molecule has 0 radical (unpaired) electrons. The molecule has 8 heteroatoms. The number of amides is 4. The van der Waals surface area contributed by atoms with Crippen LogP contribution in [0.4, 0.5) is 22.7 Å². The molecule has 50 heavy (non-hydrogen) atoms. The molecule has 0 aliphatic heterocycles. The number of hydrogen-bond donors (Lipinski definition) is 4. The van der Waals surface area contributed by atoms with E-state index >= 15 is 0 Å². The fourth-order valence-corrected chi connectivity index (χ4v) is 14.7. The zero-order chi connectivity index (χ0) is 35.5. The van der Waals surface area contributed by atoms with Gasteiger partial charge in [0.1, 0.15) is 0 Å². The molecule has 0 saturated heterocycles. The van der Waals surface area contributed by atoms with Crippen molar-refractivity contribution >= 4 is 46.4 Å². The molecule has 10 rings (SSSR count). The van der Waals surface area contributed by atoms with Gasteiger partial charge in [-0.3, -0.25) is 19.2 Å². The van der Waals surface area contributed by atoms with Gasteiger partial charge in [-0.1, -0.05) is 26.0 Å². The van der Waals surface area contributed by atoms with Gasteiger partial charge in [-0.05, 0) is 157 Å². The zero-order valence-electron chi connectivity index (χ0n) is 30.7. The number of carbonyl (C=O) groups is 4. The van der Waals surface area contributed by atoms with Crippen molar-refractivity contribution in [2.75, 3.05) is 21.3 Å². The van der Waals surface area contributed by atoms with Crippen LogP contribution in [0.25, 0.3) is 0 Å². The highest BCUT2D eigenvalue weighted by Crippen LogP contribution is 2.82. The lowest BCUT2D eigenvalue weighted by molar-refractivity contribution is -0.249. The van der Waals surface area contributed by atoms with Gasteiger partial charge in [-0.15, -0.1) is 0 Å². The monoisotopic (exact) mass is 678 g/mol. The van der Waals surface area contributed by atoms with Crippen LogP contribution in [0, 0.1) is 33.5 Å². The number of benzene rings is 2. The third-order valence-corrected chi connectivity index (χ3v) is 14.3. The predicted octanol–water partition coefficient (Wildman–Crippen LogP) is 8.68. The van der Waals surface area contributed by atoms with Crippen molar-refractivity contribution < 1.29 is 19.2 Å². The summed E-state index contributed by atoms with van der Waals surface area (Å²) < 4.78 is 0. The zero-order valence-corrected chi connectivity index (χ0v) is 30.7. The topological polar surface area (TPSA) is 116 Å². The van der Waals surface area contributed by atoms with Gasteiger partial charge in [0.2, 0.25) is 23.6 Å². The summed E-state index contributed by atoms with van der Waals surface area (Å²) in [4.78, 5) is 48.8. The van der Waals surface area contributed by atoms with Crippen molar-refractivity contribution in [3.05, 3.63) is 47.5 Å². The Balaban J connectivity index is 1.22. The summed E-state index contributed by atoms with van der Waals surface area (Å²) in [6.45, 7) is 11.2. The van der Waals surface area contributed by atoms with Crippen LogP contribution in [0.5, 0.6) is 0 Å². The minimum absolute atomic E-state index is 0.00923. The Bertz CT molecular complexity index is 1800. The minimum atomic E-state index is -0.150. The fraction of sp³-hybridized carbons (Fsp3) is 0.619. The van der Waals surface area contributed by atoms with Crippen molar-refractivity contribution in [3.63, 3.8) is 0 Å². The van der Waals surface area contributed by atoms with Gasteiger partial charge >= 0.3 is 0 Å². The first kappa shape index (κ1) is 33.5. The summed E-state index contributed by atoms with van der Waals surface area (Å²) in [5, 5.41) is 11.9. The Labute approximate surface area is 296 Å². The summed E-state index contributed by atoms with van der Waals surface area (Å²) in [6.07, 6.45) is 14.9. The first-order valence-electron chi connectivity index (χ1n) is 18.9. The van der Waals surface area contributed by atoms with Crippen LogP contribution in [-0.4, -0.2) is 23.6 Å². The summed E-state index contributed by atoms with van der Waals surface area (Å²) in [6, 6.07) is 12.9. The van der Waals surface area contributed by atoms with Gasteiger partial charge < -0.3 is 21.3 Å². The molecular formula is C42H54N4O4. The van der Waals surface area contributed by atoms with E-state index in [0.29, 0.717) is 34.6 Å². The Morgan fingerprint density at radius 1 is 0.500 bits per heavy atom.